The molecule has 168 valence electrons. The molecule has 1 N–H and O–H groups in total. The number of rotatable bonds is 6. The Morgan fingerprint density at radius 2 is 1.60 bits per heavy atom. The summed E-state index contributed by atoms with van der Waals surface area (Å²) in [6.45, 7) is 9.05. The highest BCUT2D eigenvalue weighted by atomic mass is 19.4. The smallest absolute Gasteiger partial charge is 0.350 e. The normalized spacial score (nSPS) is 16.1. The summed E-state index contributed by atoms with van der Waals surface area (Å²) in [7, 11) is 1.77. The Morgan fingerprint density at radius 1 is 1.03 bits per heavy atom. The number of likely N-dealkylation sites (N-methyl/N-ethyl adjacent to an activating group) is 1. The van der Waals surface area contributed by atoms with Crippen molar-refractivity contribution in [2.24, 2.45) is 0 Å². The summed E-state index contributed by atoms with van der Waals surface area (Å²) in [6.07, 6.45) is -4.35. The number of benzene rings is 1. The molecular formula is C21H31F3N4O2. The Balaban J connectivity index is 1.75. The second-order valence-corrected chi connectivity index (χ2v) is 8.82. The van der Waals surface area contributed by atoms with Gasteiger partial charge in [0.05, 0.1) is 18.7 Å². The number of halogens is 3. The number of nitrogens with one attached hydrogen (secondary N) is 1. The molecule has 0 radical (unpaired) electrons. The van der Waals surface area contributed by atoms with Crippen molar-refractivity contribution in [3.8, 4) is 0 Å². The van der Waals surface area contributed by atoms with Crippen LogP contribution >= 0.6 is 0 Å². The lowest BCUT2D eigenvalue weighted by atomic mass is 10.1. The molecule has 0 spiro atoms. The van der Waals surface area contributed by atoms with E-state index in [0.717, 1.165) is 12.1 Å². The second-order valence-electron chi connectivity index (χ2n) is 8.82. The molecule has 0 bridgehead atoms. The van der Waals surface area contributed by atoms with Crippen molar-refractivity contribution in [3.05, 3.63) is 35.4 Å². The van der Waals surface area contributed by atoms with Crippen LogP contribution in [0.2, 0.25) is 0 Å². The number of alkyl halides is 3. The topological polar surface area (TPSA) is 55.9 Å². The van der Waals surface area contributed by atoms with E-state index in [4.69, 9.17) is 0 Å². The molecule has 1 aliphatic rings. The minimum absolute atomic E-state index is 0.0248. The van der Waals surface area contributed by atoms with E-state index in [1.54, 1.807) is 16.8 Å². The van der Waals surface area contributed by atoms with Crippen LogP contribution in [0.1, 0.15) is 31.9 Å². The number of nitrogens with zero attached hydrogens (tertiary/aromatic N) is 3. The maximum atomic E-state index is 12.6. The summed E-state index contributed by atoms with van der Waals surface area (Å²) in [6, 6.07) is 4.98. The van der Waals surface area contributed by atoms with E-state index in [1.807, 2.05) is 25.7 Å². The average Bonchev–Trinajstić information content (AvgIpc) is 2.60. The fraction of sp³-hybridized carbons (Fsp3) is 0.619. The maximum absolute atomic E-state index is 12.6. The van der Waals surface area contributed by atoms with Crippen LogP contribution in [0.5, 0.6) is 0 Å². The van der Waals surface area contributed by atoms with E-state index in [9.17, 15) is 22.8 Å². The summed E-state index contributed by atoms with van der Waals surface area (Å²) < 4.78 is 37.9. The Hall–Kier alpha value is -2.13. The zero-order valence-electron chi connectivity index (χ0n) is 18.1. The van der Waals surface area contributed by atoms with Crippen molar-refractivity contribution in [2.45, 2.75) is 39.0 Å². The number of carbonyl (C=O) groups excluding carboxylic acids is 2. The Labute approximate surface area is 176 Å². The molecule has 30 heavy (non-hydrogen) atoms. The summed E-state index contributed by atoms with van der Waals surface area (Å²) in [5.74, 6) is -0.0539. The van der Waals surface area contributed by atoms with Crippen LogP contribution in [0.4, 0.5) is 13.2 Å². The van der Waals surface area contributed by atoms with Crippen LogP contribution in [-0.2, 0) is 22.3 Å². The van der Waals surface area contributed by atoms with E-state index >= 15 is 0 Å². The largest absolute Gasteiger partial charge is 0.416 e. The molecular weight excluding hydrogens is 397 g/mol. The van der Waals surface area contributed by atoms with Gasteiger partial charge in [-0.25, -0.2) is 0 Å². The number of carbonyl (C=O) groups is 2. The Morgan fingerprint density at radius 3 is 2.10 bits per heavy atom. The van der Waals surface area contributed by atoms with Gasteiger partial charge in [-0.15, -0.1) is 0 Å². The van der Waals surface area contributed by atoms with Crippen LogP contribution in [0.15, 0.2) is 24.3 Å². The number of hydrogen-bond donors (Lipinski definition) is 1. The van der Waals surface area contributed by atoms with Gasteiger partial charge in [0, 0.05) is 38.3 Å². The van der Waals surface area contributed by atoms with Gasteiger partial charge < -0.3 is 10.2 Å². The molecule has 1 aliphatic heterocycles. The molecule has 1 heterocycles. The molecule has 2 rings (SSSR count). The average molecular weight is 428 g/mol. The Bertz CT molecular complexity index is 721. The Kier molecular flexibility index (Phi) is 7.87. The summed E-state index contributed by atoms with van der Waals surface area (Å²) >= 11 is 0. The highest BCUT2D eigenvalue weighted by Gasteiger charge is 2.30. The van der Waals surface area contributed by atoms with Crippen LogP contribution in [0.25, 0.3) is 0 Å². The van der Waals surface area contributed by atoms with Gasteiger partial charge in [-0.3, -0.25) is 19.4 Å². The van der Waals surface area contributed by atoms with Gasteiger partial charge in [0.25, 0.3) is 0 Å². The number of hydrogen-bond acceptors (Lipinski definition) is 4. The highest BCUT2D eigenvalue weighted by molar-refractivity contribution is 5.79. The molecule has 0 aliphatic carbocycles. The first kappa shape index (κ1) is 24.1. The molecule has 0 saturated carbocycles. The monoisotopic (exact) mass is 428 g/mol. The number of piperazine rings is 1. The van der Waals surface area contributed by atoms with Gasteiger partial charge in [-0.2, -0.15) is 13.2 Å². The van der Waals surface area contributed by atoms with E-state index < -0.39 is 11.7 Å². The third-order valence-corrected chi connectivity index (χ3v) is 4.75. The standard InChI is InChI=1S/C21H31F3N4O2/c1-20(2,3)25-18(29)14-27-9-11-28(12-10-27)19(30)15-26(4)13-16-5-7-17(8-6-16)21(22,23)24/h5-8H,9-15H2,1-4H3,(H,25,29). The molecule has 1 saturated heterocycles. The fourth-order valence-corrected chi connectivity index (χ4v) is 3.31. The first-order valence-electron chi connectivity index (χ1n) is 9.99. The quantitative estimate of drug-likeness (QED) is 0.755. The second kappa shape index (κ2) is 9.78. The zero-order chi connectivity index (χ0) is 22.5. The molecule has 9 heteroatoms. The van der Waals surface area contributed by atoms with Crippen LogP contribution in [0, 0.1) is 0 Å². The van der Waals surface area contributed by atoms with Crippen molar-refractivity contribution >= 4 is 11.8 Å². The van der Waals surface area contributed by atoms with Crippen molar-refractivity contribution < 1.29 is 22.8 Å². The summed E-state index contributed by atoms with van der Waals surface area (Å²) in [5, 5.41) is 2.93. The summed E-state index contributed by atoms with van der Waals surface area (Å²) in [4.78, 5) is 30.1. The van der Waals surface area contributed by atoms with Crippen molar-refractivity contribution in [3.63, 3.8) is 0 Å². The first-order valence-corrected chi connectivity index (χ1v) is 9.99. The van der Waals surface area contributed by atoms with Crippen LogP contribution in [0.3, 0.4) is 0 Å². The lowest BCUT2D eigenvalue weighted by Gasteiger charge is -2.35. The van der Waals surface area contributed by atoms with E-state index in [-0.39, 0.29) is 23.9 Å². The lowest BCUT2D eigenvalue weighted by molar-refractivity contribution is -0.137. The van der Waals surface area contributed by atoms with Crippen molar-refractivity contribution in [2.75, 3.05) is 46.3 Å². The third kappa shape index (κ3) is 7.95. The van der Waals surface area contributed by atoms with E-state index in [0.29, 0.717) is 44.8 Å². The van der Waals surface area contributed by atoms with Gasteiger partial charge >= 0.3 is 6.18 Å². The predicted molar refractivity (Wildman–Crippen MR) is 109 cm³/mol. The van der Waals surface area contributed by atoms with Gasteiger partial charge in [0.2, 0.25) is 11.8 Å². The predicted octanol–water partition coefficient (Wildman–Crippen LogP) is 2.20. The molecule has 2 amide bonds. The third-order valence-electron chi connectivity index (χ3n) is 4.75. The van der Waals surface area contributed by atoms with Crippen LogP contribution in [-0.4, -0.2) is 78.4 Å². The van der Waals surface area contributed by atoms with Gasteiger partial charge in [-0.05, 0) is 45.5 Å². The molecule has 1 aromatic carbocycles. The minimum Gasteiger partial charge on any atom is -0.350 e. The fourth-order valence-electron chi connectivity index (χ4n) is 3.31. The molecule has 0 aromatic heterocycles. The van der Waals surface area contributed by atoms with Crippen LogP contribution < -0.4 is 5.32 Å². The maximum Gasteiger partial charge on any atom is 0.416 e. The van der Waals surface area contributed by atoms with E-state index in [1.165, 1.54) is 12.1 Å². The minimum atomic E-state index is -4.35. The van der Waals surface area contributed by atoms with E-state index in [2.05, 4.69) is 5.32 Å². The van der Waals surface area contributed by atoms with Crippen molar-refractivity contribution in [1.82, 2.24) is 20.0 Å². The SMILES string of the molecule is CN(CC(=O)N1CCN(CC(=O)NC(C)(C)C)CC1)Cc1ccc(C(F)(F)F)cc1. The first-order chi connectivity index (χ1) is 13.8. The molecule has 0 atom stereocenters. The number of amides is 2. The molecule has 6 nitrogen and oxygen atoms in total. The summed E-state index contributed by atoms with van der Waals surface area (Å²) in [5.41, 5.74) is -0.237. The molecule has 1 fully saturated rings. The van der Waals surface area contributed by atoms with Gasteiger partial charge in [0.15, 0.2) is 0 Å². The zero-order valence-corrected chi connectivity index (χ0v) is 18.1. The van der Waals surface area contributed by atoms with Gasteiger partial charge in [-0.1, -0.05) is 12.1 Å². The molecule has 0 unspecified atom stereocenters. The van der Waals surface area contributed by atoms with Crippen molar-refractivity contribution in [1.29, 1.82) is 0 Å². The highest BCUT2D eigenvalue weighted by Crippen LogP contribution is 2.29. The van der Waals surface area contributed by atoms with Gasteiger partial charge in [0.1, 0.15) is 0 Å². The lowest BCUT2D eigenvalue weighted by Crippen LogP contribution is -2.54. The molecule has 1 aromatic rings.